The van der Waals surface area contributed by atoms with E-state index in [4.69, 9.17) is 23.2 Å². The minimum Gasteiger partial charge on any atom is -0.314 e. The van der Waals surface area contributed by atoms with Crippen LogP contribution in [0.15, 0.2) is 18.2 Å². The molecule has 18 heavy (non-hydrogen) atoms. The fraction of sp³-hybridized carbons (Fsp3) is 0.538. The van der Waals surface area contributed by atoms with Gasteiger partial charge in [0.05, 0.1) is 10.0 Å². The van der Waals surface area contributed by atoms with Gasteiger partial charge in [0, 0.05) is 45.8 Å². The summed E-state index contributed by atoms with van der Waals surface area (Å²) in [5, 5.41) is 8.02. The Bertz CT molecular complexity index is 378. The number of nitrogens with one attached hydrogen (secondary N) is 2. The fourth-order valence-corrected chi connectivity index (χ4v) is 2.37. The molecule has 0 aromatic heterocycles. The summed E-state index contributed by atoms with van der Waals surface area (Å²) < 4.78 is 0. The Kier molecular flexibility index (Phi) is 5.73. The van der Waals surface area contributed by atoms with Gasteiger partial charge < -0.3 is 10.6 Å². The van der Waals surface area contributed by atoms with Crippen molar-refractivity contribution in [1.82, 2.24) is 15.5 Å². The molecule has 1 aromatic rings. The van der Waals surface area contributed by atoms with Crippen molar-refractivity contribution in [2.75, 3.05) is 39.3 Å². The van der Waals surface area contributed by atoms with Gasteiger partial charge in [-0.2, -0.15) is 0 Å². The monoisotopic (exact) mass is 287 g/mol. The number of rotatable bonds is 5. The van der Waals surface area contributed by atoms with E-state index in [-0.39, 0.29) is 0 Å². The van der Waals surface area contributed by atoms with Crippen molar-refractivity contribution < 1.29 is 0 Å². The molecule has 0 aliphatic carbocycles. The largest absolute Gasteiger partial charge is 0.314 e. The summed E-state index contributed by atoms with van der Waals surface area (Å²) in [7, 11) is 0. The van der Waals surface area contributed by atoms with Crippen molar-refractivity contribution in [3.63, 3.8) is 0 Å². The summed E-state index contributed by atoms with van der Waals surface area (Å²) in [6, 6.07) is 5.77. The van der Waals surface area contributed by atoms with Gasteiger partial charge in [-0.1, -0.05) is 29.3 Å². The SMILES string of the molecule is Clc1ccc(CNCCN2CCNCC2)cc1Cl. The zero-order valence-electron chi connectivity index (χ0n) is 10.4. The molecule has 1 fully saturated rings. The van der Waals surface area contributed by atoms with Crippen LogP contribution in [0.25, 0.3) is 0 Å². The van der Waals surface area contributed by atoms with Crippen LogP contribution in [-0.2, 0) is 6.54 Å². The Labute approximate surface area is 118 Å². The summed E-state index contributed by atoms with van der Waals surface area (Å²) in [5.41, 5.74) is 1.17. The summed E-state index contributed by atoms with van der Waals surface area (Å²) >= 11 is 11.9. The average molecular weight is 288 g/mol. The van der Waals surface area contributed by atoms with Gasteiger partial charge in [0.1, 0.15) is 0 Å². The summed E-state index contributed by atoms with van der Waals surface area (Å²) in [4.78, 5) is 2.47. The molecular formula is C13H19Cl2N3. The molecule has 0 bridgehead atoms. The minimum absolute atomic E-state index is 0.612. The van der Waals surface area contributed by atoms with E-state index in [0.29, 0.717) is 10.0 Å². The fourth-order valence-electron chi connectivity index (χ4n) is 2.05. The predicted molar refractivity (Wildman–Crippen MR) is 77.5 cm³/mol. The van der Waals surface area contributed by atoms with Gasteiger partial charge in [-0.05, 0) is 17.7 Å². The van der Waals surface area contributed by atoms with E-state index in [0.717, 1.165) is 45.8 Å². The zero-order valence-corrected chi connectivity index (χ0v) is 11.9. The van der Waals surface area contributed by atoms with E-state index in [1.165, 1.54) is 5.56 Å². The first-order valence-corrected chi connectivity index (χ1v) is 7.09. The maximum Gasteiger partial charge on any atom is 0.0595 e. The van der Waals surface area contributed by atoms with Gasteiger partial charge in [0.25, 0.3) is 0 Å². The van der Waals surface area contributed by atoms with Crippen molar-refractivity contribution in [2.45, 2.75) is 6.54 Å². The summed E-state index contributed by atoms with van der Waals surface area (Å²) in [6.07, 6.45) is 0. The summed E-state index contributed by atoms with van der Waals surface area (Å²) in [6.45, 7) is 7.44. The highest BCUT2D eigenvalue weighted by molar-refractivity contribution is 6.42. The van der Waals surface area contributed by atoms with E-state index in [1.807, 2.05) is 18.2 Å². The Hall–Kier alpha value is -0.320. The molecule has 1 aromatic carbocycles. The maximum absolute atomic E-state index is 5.97. The third-order valence-corrected chi connectivity index (χ3v) is 3.87. The third kappa shape index (κ3) is 4.41. The van der Waals surface area contributed by atoms with Crippen LogP contribution in [0, 0.1) is 0 Å². The average Bonchev–Trinajstić information content (AvgIpc) is 2.40. The first kappa shape index (κ1) is 14.1. The van der Waals surface area contributed by atoms with Crippen molar-refractivity contribution >= 4 is 23.2 Å². The van der Waals surface area contributed by atoms with Crippen LogP contribution in [0.5, 0.6) is 0 Å². The lowest BCUT2D eigenvalue weighted by Crippen LogP contribution is -2.45. The lowest BCUT2D eigenvalue weighted by Gasteiger charge is -2.27. The quantitative estimate of drug-likeness (QED) is 0.811. The number of piperazine rings is 1. The third-order valence-electron chi connectivity index (χ3n) is 3.13. The molecular weight excluding hydrogens is 269 g/mol. The second-order valence-corrected chi connectivity index (χ2v) is 5.33. The van der Waals surface area contributed by atoms with Crippen molar-refractivity contribution in [1.29, 1.82) is 0 Å². The second kappa shape index (κ2) is 7.31. The lowest BCUT2D eigenvalue weighted by molar-refractivity contribution is 0.241. The van der Waals surface area contributed by atoms with Crippen LogP contribution in [0.1, 0.15) is 5.56 Å². The van der Waals surface area contributed by atoms with Gasteiger partial charge in [-0.25, -0.2) is 0 Å². The Morgan fingerprint density at radius 2 is 1.94 bits per heavy atom. The van der Waals surface area contributed by atoms with Crippen molar-refractivity contribution in [3.05, 3.63) is 33.8 Å². The van der Waals surface area contributed by atoms with E-state index < -0.39 is 0 Å². The van der Waals surface area contributed by atoms with E-state index in [2.05, 4.69) is 15.5 Å². The number of hydrogen-bond acceptors (Lipinski definition) is 3. The highest BCUT2D eigenvalue weighted by Crippen LogP contribution is 2.22. The van der Waals surface area contributed by atoms with E-state index in [9.17, 15) is 0 Å². The highest BCUT2D eigenvalue weighted by atomic mass is 35.5. The smallest absolute Gasteiger partial charge is 0.0595 e. The van der Waals surface area contributed by atoms with Crippen molar-refractivity contribution in [2.24, 2.45) is 0 Å². The molecule has 2 N–H and O–H groups in total. The van der Waals surface area contributed by atoms with Gasteiger partial charge in [0.2, 0.25) is 0 Å². The number of halogens is 2. The van der Waals surface area contributed by atoms with E-state index >= 15 is 0 Å². The maximum atomic E-state index is 5.97. The van der Waals surface area contributed by atoms with E-state index in [1.54, 1.807) is 0 Å². The molecule has 1 heterocycles. The second-order valence-electron chi connectivity index (χ2n) is 4.52. The molecule has 0 amide bonds. The Morgan fingerprint density at radius 1 is 1.17 bits per heavy atom. The molecule has 2 rings (SSSR count). The molecule has 1 aliphatic rings. The number of benzene rings is 1. The van der Waals surface area contributed by atoms with Gasteiger partial charge in [0.15, 0.2) is 0 Å². The first-order valence-electron chi connectivity index (χ1n) is 6.33. The van der Waals surface area contributed by atoms with Crippen LogP contribution in [0.4, 0.5) is 0 Å². The molecule has 0 spiro atoms. The normalized spacial score (nSPS) is 17.0. The van der Waals surface area contributed by atoms with Crippen LogP contribution in [-0.4, -0.2) is 44.2 Å². The molecule has 1 aliphatic heterocycles. The van der Waals surface area contributed by atoms with Crippen LogP contribution in [0.3, 0.4) is 0 Å². The standard InChI is InChI=1S/C13H19Cl2N3/c14-12-2-1-11(9-13(12)15)10-17-5-8-18-6-3-16-4-7-18/h1-2,9,16-17H,3-8,10H2. The Balaban J connectivity index is 1.66. The molecule has 0 unspecified atom stereocenters. The van der Waals surface area contributed by atoms with Crippen LogP contribution >= 0.6 is 23.2 Å². The molecule has 100 valence electrons. The lowest BCUT2D eigenvalue weighted by atomic mass is 10.2. The molecule has 0 atom stereocenters. The van der Waals surface area contributed by atoms with Crippen molar-refractivity contribution in [3.8, 4) is 0 Å². The minimum atomic E-state index is 0.612. The molecule has 0 saturated carbocycles. The molecule has 1 saturated heterocycles. The highest BCUT2D eigenvalue weighted by Gasteiger charge is 2.08. The van der Waals surface area contributed by atoms with Crippen LogP contribution < -0.4 is 10.6 Å². The van der Waals surface area contributed by atoms with Crippen LogP contribution in [0.2, 0.25) is 10.0 Å². The van der Waals surface area contributed by atoms with Gasteiger partial charge in [-0.15, -0.1) is 0 Å². The molecule has 3 nitrogen and oxygen atoms in total. The Morgan fingerprint density at radius 3 is 2.67 bits per heavy atom. The first-order chi connectivity index (χ1) is 8.75. The zero-order chi connectivity index (χ0) is 12.8. The molecule has 5 heteroatoms. The summed E-state index contributed by atoms with van der Waals surface area (Å²) in [5.74, 6) is 0. The van der Waals surface area contributed by atoms with Gasteiger partial charge >= 0.3 is 0 Å². The molecule has 0 radical (unpaired) electrons. The predicted octanol–water partition coefficient (Wildman–Crippen LogP) is 1.99. The number of hydrogen-bond donors (Lipinski definition) is 2. The number of nitrogens with zero attached hydrogens (tertiary/aromatic N) is 1. The van der Waals surface area contributed by atoms with Gasteiger partial charge in [-0.3, -0.25) is 4.90 Å². The topological polar surface area (TPSA) is 27.3 Å².